The molecule has 2 aromatic rings. The predicted molar refractivity (Wildman–Crippen MR) is 62.8 cm³/mol. The second kappa shape index (κ2) is 6.06. The average Bonchev–Trinajstić information content (AvgIpc) is 2.84. The molecule has 0 spiro atoms. The first-order chi connectivity index (χ1) is 8.34. The first kappa shape index (κ1) is 11.7. The fraction of sp³-hybridized carbons (Fsp3) is 0.308. The van der Waals surface area contributed by atoms with Gasteiger partial charge >= 0.3 is 0 Å². The van der Waals surface area contributed by atoms with E-state index in [1.165, 1.54) is 11.8 Å². The second-order valence-corrected chi connectivity index (χ2v) is 3.70. The maximum atomic E-state index is 5.51. The van der Waals surface area contributed by atoms with Crippen molar-refractivity contribution >= 4 is 0 Å². The van der Waals surface area contributed by atoms with Gasteiger partial charge in [-0.15, -0.1) is 0 Å². The number of ether oxygens (including phenoxy) is 2. The molecule has 4 nitrogen and oxygen atoms in total. The van der Waals surface area contributed by atoms with Crippen LogP contribution in [0.15, 0.2) is 41.1 Å². The number of aromatic nitrogens is 1. The Morgan fingerprint density at radius 3 is 2.65 bits per heavy atom. The number of aryl methyl sites for hydroxylation is 1. The van der Waals surface area contributed by atoms with E-state index in [1.54, 1.807) is 6.07 Å². The molecule has 0 saturated heterocycles. The lowest BCUT2D eigenvalue weighted by atomic mass is 10.2. The molecule has 0 radical (unpaired) electrons. The molecular formula is C13H15NO3. The van der Waals surface area contributed by atoms with Gasteiger partial charge in [-0.25, -0.2) is 0 Å². The maximum Gasteiger partial charge on any atom is 0.124 e. The van der Waals surface area contributed by atoms with Gasteiger partial charge in [0.15, 0.2) is 0 Å². The van der Waals surface area contributed by atoms with Gasteiger partial charge in [0.2, 0.25) is 0 Å². The molecule has 0 N–H and O–H groups in total. The lowest BCUT2D eigenvalue weighted by molar-refractivity contribution is 0.0852. The van der Waals surface area contributed by atoms with E-state index in [0.29, 0.717) is 19.8 Å². The van der Waals surface area contributed by atoms with E-state index < -0.39 is 0 Å². The molecule has 0 unspecified atom stereocenters. The molecule has 0 saturated carbocycles. The SMILES string of the molecule is Cc1ccc(OCCOCc2ccon2)cc1. The zero-order chi connectivity index (χ0) is 11.9. The second-order valence-electron chi connectivity index (χ2n) is 3.70. The highest BCUT2D eigenvalue weighted by atomic mass is 16.5. The first-order valence-corrected chi connectivity index (χ1v) is 5.51. The smallest absolute Gasteiger partial charge is 0.124 e. The van der Waals surface area contributed by atoms with Crippen LogP contribution in [-0.4, -0.2) is 18.4 Å². The molecule has 90 valence electrons. The summed E-state index contributed by atoms with van der Waals surface area (Å²) in [5.41, 5.74) is 2.01. The highest BCUT2D eigenvalue weighted by Gasteiger charge is 1.97. The number of nitrogens with zero attached hydrogens (tertiary/aromatic N) is 1. The van der Waals surface area contributed by atoms with E-state index in [0.717, 1.165) is 11.4 Å². The van der Waals surface area contributed by atoms with Crippen LogP contribution in [0.3, 0.4) is 0 Å². The van der Waals surface area contributed by atoms with Crippen LogP contribution in [0.25, 0.3) is 0 Å². The van der Waals surface area contributed by atoms with Gasteiger partial charge in [-0.05, 0) is 19.1 Å². The fourth-order valence-corrected chi connectivity index (χ4v) is 1.34. The van der Waals surface area contributed by atoms with Crippen LogP contribution < -0.4 is 4.74 Å². The van der Waals surface area contributed by atoms with E-state index in [1.807, 2.05) is 31.2 Å². The van der Waals surface area contributed by atoms with Gasteiger partial charge in [-0.3, -0.25) is 0 Å². The summed E-state index contributed by atoms with van der Waals surface area (Å²) in [6.07, 6.45) is 1.53. The lowest BCUT2D eigenvalue weighted by Gasteiger charge is -2.06. The average molecular weight is 233 g/mol. The van der Waals surface area contributed by atoms with E-state index >= 15 is 0 Å². The highest BCUT2D eigenvalue weighted by Crippen LogP contribution is 2.11. The number of hydrogen-bond donors (Lipinski definition) is 0. The Balaban J connectivity index is 1.61. The summed E-state index contributed by atoms with van der Waals surface area (Å²) < 4.78 is 15.6. The van der Waals surface area contributed by atoms with Gasteiger partial charge < -0.3 is 14.0 Å². The van der Waals surface area contributed by atoms with Gasteiger partial charge in [-0.2, -0.15) is 0 Å². The summed E-state index contributed by atoms with van der Waals surface area (Å²) in [5.74, 6) is 0.862. The van der Waals surface area contributed by atoms with Gasteiger partial charge in [0.05, 0.1) is 13.2 Å². The molecule has 0 atom stereocenters. The predicted octanol–water partition coefficient (Wildman–Crippen LogP) is 2.58. The summed E-state index contributed by atoms with van der Waals surface area (Å²) in [5, 5.41) is 3.74. The zero-order valence-corrected chi connectivity index (χ0v) is 9.76. The van der Waals surface area contributed by atoms with Crippen LogP contribution in [0.2, 0.25) is 0 Å². The Hall–Kier alpha value is -1.81. The third-order valence-corrected chi connectivity index (χ3v) is 2.26. The van der Waals surface area contributed by atoms with Crippen molar-refractivity contribution in [3.63, 3.8) is 0 Å². The van der Waals surface area contributed by atoms with E-state index in [9.17, 15) is 0 Å². The van der Waals surface area contributed by atoms with Crippen LogP contribution in [0.5, 0.6) is 5.75 Å². The van der Waals surface area contributed by atoms with Crippen LogP contribution in [-0.2, 0) is 11.3 Å². The van der Waals surface area contributed by atoms with E-state index in [2.05, 4.69) is 5.16 Å². The van der Waals surface area contributed by atoms with Gasteiger partial charge in [0.1, 0.15) is 24.3 Å². The van der Waals surface area contributed by atoms with Crippen molar-refractivity contribution in [2.75, 3.05) is 13.2 Å². The summed E-state index contributed by atoms with van der Waals surface area (Å²) in [6.45, 7) is 3.56. The lowest BCUT2D eigenvalue weighted by Crippen LogP contribution is -2.06. The van der Waals surface area contributed by atoms with Crippen molar-refractivity contribution in [1.82, 2.24) is 5.16 Å². The molecule has 0 amide bonds. The molecule has 2 rings (SSSR count). The Morgan fingerprint density at radius 1 is 1.12 bits per heavy atom. The highest BCUT2D eigenvalue weighted by molar-refractivity contribution is 5.26. The zero-order valence-electron chi connectivity index (χ0n) is 9.76. The minimum Gasteiger partial charge on any atom is -0.491 e. The van der Waals surface area contributed by atoms with Gasteiger partial charge in [0, 0.05) is 6.07 Å². The quantitative estimate of drug-likeness (QED) is 0.719. The Morgan fingerprint density at radius 2 is 1.94 bits per heavy atom. The Kier molecular flexibility index (Phi) is 4.16. The number of benzene rings is 1. The number of hydrogen-bond acceptors (Lipinski definition) is 4. The monoisotopic (exact) mass is 233 g/mol. The molecule has 1 aromatic heterocycles. The van der Waals surface area contributed by atoms with E-state index in [-0.39, 0.29) is 0 Å². The minimum atomic E-state index is 0.452. The van der Waals surface area contributed by atoms with Crippen molar-refractivity contribution in [3.8, 4) is 5.75 Å². The van der Waals surface area contributed by atoms with Crippen LogP contribution in [0, 0.1) is 6.92 Å². The maximum absolute atomic E-state index is 5.51. The normalized spacial score (nSPS) is 10.4. The van der Waals surface area contributed by atoms with Crippen LogP contribution in [0.1, 0.15) is 11.3 Å². The third-order valence-electron chi connectivity index (χ3n) is 2.26. The van der Waals surface area contributed by atoms with Gasteiger partial charge in [0.25, 0.3) is 0 Å². The van der Waals surface area contributed by atoms with Gasteiger partial charge in [-0.1, -0.05) is 22.9 Å². The summed E-state index contributed by atoms with van der Waals surface area (Å²) in [7, 11) is 0. The molecule has 0 aliphatic carbocycles. The molecule has 1 heterocycles. The topological polar surface area (TPSA) is 44.5 Å². The first-order valence-electron chi connectivity index (χ1n) is 5.51. The molecule has 0 aliphatic rings. The summed E-state index contributed by atoms with van der Waals surface area (Å²) in [4.78, 5) is 0. The van der Waals surface area contributed by atoms with Crippen molar-refractivity contribution in [1.29, 1.82) is 0 Å². The molecule has 4 heteroatoms. The minimum absolute atomic E-state index is 0.452. The van der Waals surface area contributed by atoms with Crippen molar-refractivity contribution in [3.05, 3.63) is 47.9 Å². The molecule has 17 heavy (non-hydrogen) atoms. The van der Waals surface area contributed by atoms with Crippen molar-refractivity contribution in [2.24, 2.45) is 0 Å². The van der Waals surface area contributed by atoms with E-state index in [4.69, 9.17) is 14.0 Å². The Labute approximate surface area is 100 Å². The van der Waals surface area contributed by atoms with Crippen LogP contribution >= 0.6 is 0 Å². The van der Waals surface area contributed by atoms with Crippen molar-refractivity contribution in [2.45, 2.75) is 13.5 Å². The molecule has 0 fully saturated rings. The largest absolute Gasteiger partial charge is 0.491 e. The van der Waals surface area contributed by atoms with Crippen molar-refractivity contribution < 1.29 is 14.0 Å². The standard InChI is InChI=1S/C13H15NO3/c1-11-2-4-13(5-3-11)16-9-8-15-10-12-6-7-17-14-12/h2-7H,8-10H2,1H3. The summed E-state index contributed by atoms with van der Waals surface area (Å²) >= 11 is 0. The van der Waals surface area contributed by atoms with Crippen LogP contribution in [0.4, 0.5) is 0 Å². The Bertz CT molecular complexity index is 422. The molecule has 0 aliphatic heterocycles. The molecule has 1 aromatic carbocycles. The number of rotatable bonds is 6. The molecule has 0 bridgehead atoms. The summed E-state index contributed by atoms with van der Waals surface area (Å²) in [6, 6.07) is 9.72. The third kappa shape index (κ3) is 3.92. The fourth-order valence-electron chi connectivity index (χ4n) is 1.34. The molecular weight excluding hydrogens is 218 g/mol.